The lowest BCUT2D eigenvalue weighted by molar-refractivity contribution is 0.272. The highest BCUT2D eigenvalue weighted by molar-refractivity contribution is 5.35. The minimum Gasteiger partial charge on any atom is -0.495 e. The Labute approximate surface area is 65.7 Å². The Morgan fingerprint density at radius 2 is 2.27 bits per heavy atom. The number of ether oxygens (including phenoxy) is 1. The molecule has 1 aromatic heterocycles. The number of aromatic nitrogens is 1. The van der Waals surface area contributed by atoms with E-state index in [9.17, 15) is 0 Å². The highest BCUT2D eigenvalue weighted by atomic mass is 16.5. The second kappa shape index (κ2) is 3.34. The maximum Gasteiger partial charge on any atom is 0.142 e. The predicted octanol–water partition coefficient (Wildman–Crippen LogP) is 0.891. The first-order chi connectivity index (χ1) is 5.29. The number of nitrogens with zero attached hydrogens (tertiary/aromatic N) is 1. The van der Waals surface area contributed by atoms with Gasteiger partial charge in [0.2, 0.25) is 0 Å². The van der Waals surface area contributed by atoms with Crippen molar-refractivity contribution < 1.29 is 9.84 Å². The van der Waals surface area contributed by atoms with Crippen molar-refractivity contribution in [2.75, 3.05) is 7.11 Å². The Kier molecular flexibility index (Phi) is 2.44. The van der Waals surface area contributed by atoms with Crippen LogP contribution in [0, 0.1) is 6.92 Å². The van der Waals surface area contributed by atoms with Crippen LogP contribution in [0.4, 0.5) is 0 Å². The van der Waals surface area contributed by atoms with Gasteiger partial charge in [-0.1, -0.05) is 0 Å². The third-order valence-electron chi connectivity index (χ3n) is 1.61. The highest BCUT2D eigenvalue weighted by Crippen LogP contribution is 2.19. The molecule has 0 unspecified atom stereocenters. The molecule has 60 valence electrons. The maximum atomic E-state index is 8.92. The largest absolute Gasteiger partial charge is 0.495 e. The summed E-state index contributed by atoms with van der Waals surface area (Å²) in [5, 5.41) is 8.92. The summed E-state index contributed by atoms with van der Waals surface area (Å²) in [7, 11) is 1.57. The second-order valence-electron chi connectivity index (χ2n) is 2.30. The van der Waals surface area contributed by atoms with Crippen molar-refractivity contribution in [2.45, 2.75) is 13.5 Å². The molecule has 0 atom stereocenters. The zero-order valence-corrected chi connectivity index (χ0v) is 6.66. The van der Waals surface area contributed by atoms with Crippen LogP contribution in [0.3, 0.4) is 0 Å². The molecule has 0 radical (unpaired) electrons. The van der Waals surface area contributed by atoms with Gasteiger partial charge in [0.1, 0.15) is 5.75 Å². The van der Waals surface area contributed by atoms with Crippen LogP contribution in [-0.2, 0) is 6.61 Å². The number of hydrogen-bond donors (Lipinski definition) is 1. The number of rotatable bonds is 2. The van der Waals surface area contributed by atoms with Gasteiger partial charge < -0.3 is 9.84 Å². The summed E-state index contributed by atoms with van der Waals surface area (Å²) in [6.07, 6.45) is 3.30. The molecule has 0 spiro atoms. The molecule has 3 nitrogen and oxygen atoms in total. The lowest BCUT2D eigenvalue weighted by Crippen LogP contribution is -1.95. The summed E-state index contributed by atoms with van der Waals surface area (Å²) in [4.78, 5) is 3.93. The van der Waals surface area contributed by atoms with Gasteiger partial charge in [-0.15, -0.1) is 0 Å². The average Bonchev–Trinajstić information content (AvgIpc) is 2.04. The predicted molar refractivity (Wildman–Crippen MR) is 41.4 cm³/mol. The third kappa shape index (κ3) is 1.49. The highest BCUT2D eigenvalue weighted by Gasteiger charge is 2.03. The smallest absolute Gasteiger partial charge is 0.142 e. The number of aliphatic hydroxyl groups excluding tert-OH is 1. The van der Waals surface area contributed by atoms with Crippen molar-refractivity contribution in [3.63, 3.8) is 0 Å². The number of hydrogen-bond acceptors (Lipinski definition) is 3. The summed E-state index contributed by atoms with van der Waals surface area (Å²) in [6.45, 7) is 1.89. The van der Waals surface area contributed by atoms with Crippen molar-refractivity contribution in [3.05, 3.63) is 23.5 Å². The molecule has 3 heteroatoms. The quantitative estimate of drug-likeness (QED) is 0.686. The first kappa shape index (κ1) is 8.01. The van der Waals surface area contributed by atoms with E-state index in [0.717, 1.165) is 11.1 Å². The minimum absolute atomic E-state index is 0.00245. The van der Waals surface area contributed by atoms with Crippen molar-refractivity contribution in [2.24, 2.45) is 0 Å². The molecule has 0 saturated heterocycles. The Hall–Kier alpha value is -1.09. The fraction of sp³-hybridized carbons (Fsp3) is 0.375. The first-order valence-electron chi connectivity index (χ1n) is 3.38. The summed E-state index contributed by atoms with van der Waals surface area (Å²) in [5.74, 6) is 0.646. The lowest BCUT2D eigenvalue weighted by atomic mass is 10.1. The molecule has 0 bridgehead atoms. The molecule has 0 fully saturated rings. The lowest BCUT2D eigenvalue weighted by Gasteiger charge is -2.06. The summed E-state index contributed by atoms with van der Waals surface area (Å²) >= 11 is 0. The molecular weight excluding hydrogens is 142 g/mol. The number of aliphatic hydroxyl groups is 1. The van der Waals surface area contributed by atoms with Crippen molar-refractivity contribution >= 4 is 0 Å². The van der Waals surface area contributed by atoms with E-state index in [0.29, 0.717) is 5.75 Å². The van der Waals surface area contributed by atoms with Crippen molar-refractivity contribution in [3.8, 4) is 5.75 Å². The fourth-order valence-electron chi connectivity index (χ4n) is 0.945. The second-order valence-corrected chi connectivity index (χ2v) is 2.30. The van der Waals surface area contributed by atoms with Crippen LogP contribution < -0.4 is 4.74 Å². The molecule has 1 heterocycles. The molecule has 0 amide bonds. The van der Waals surface area contributed by atoms with Crippen LogP contribution in [0.5, 0.6) is 5.75 Å². The van der Waals surface area contributed by atoms with Gasteiger partial charge in [0.25, 0.3) is 0 Å². The van der Waals surface area contributed by atoms with Crippen LogP contribution in [0.25, 0.3) is 0 Å². The van der Waals surface area contributed by atoms with Crippen LogP contribution in [0.15, 0.2) is 12.4 Å². The van der Waals surface area contributed by atoms with E-state index in [2.05, 4.69) is 4.98 Å². The Morgan fingerprint density at radius 3 is 2.73 bits per heavy atom. The van der Waals surface area contributed by atoms with E-state index >= 15 is 0 Å². The maximum absolute atomic E-state index is 8.92. The van der Waals surface area contributed by atoms with Gasteiger partial charge in [-0.25, -0.2) is 0 Å². The van der Waals surface area contributed by atoms with Gasteiger partial charge in [-0.3, -0.25) is 4.98 Å². The molecule has 0 aliphatic heterocycles. The summed E-state index contributed by atoms with van der Waals surface area (Å²) in [6, 6.07) is 0. The van der Waals surface area contributed by atoms with E-state index < -0.39 is 0 Å². The molecular formula is C8H11NO2. The van der Waals surface area contributed by atoms with Gasteiger partial charge >= 0.3 is 0 Å². The molecule has 11 heavy (non-hydrogen) atoms. The summed E-state index contributed by atoms with van der Waals surface area (Å²) in [5.41, 5.74) is 1.76. The molecule has 1 N–H and O–H groups in total. The van der Waals surface area contributed by atoms with Gasteiger partial charge in [0.15, 0.2) is 0 Å². The SMILES string of the molecule is COc1cncc(C)c1CO. The molecule has 0 saturated carbocycles. The van der Waals surface area contributed by atoms with Gasteiger partial charge in [0, 0.05) is 11.8 Å². The number of aryl methyl sites for hydroxylation is 1. The standard InChI is InChI=1S/C8H11NO2/c1-6-3-9-4-8(11-2)7(6)5-10/h3-4,10H,5H2,1-2H3. The van der Waals surface area contributed by atoms with Crippen molar-refractivity contribution in [1.82, 2.24) is 4.98 Å². The zero-order valence-electron chi connectivity index (χ0n) is 6.66. The van der Waals surface area contributed by atoms with Gasteiger partial charge in [-0.05, 0) is 12.5 Å². The minimum atomic E-state index is -0.00245. The van der Waals surface area contributed by atoms with E-state index in [4.69, 9.17) is 9.84 Å². The first-order valence-corrected chi connectivity index (χ1v) is 3.38. The third-order valence-corrected chi connectivity index (χ3v) is 1.61. The van der Waals surface area contributed by atoms with Gasteiger partial charge in [0.05, 0.1) is 19.9 Å². The Balaban J connectivity index is 3.13. The molecule has 1 aromatic rings. The van der Waals surface area contributed by atoms with E-state index in [1.165, 1.54) is 0 Å². The number of methoxy groups -OCH3 is 1. The van der Waals surface area contributed by atoms with Crippen LogP contribution >= 0.6 is 0 Å². The molecule has 0 aliphatic rings. The topological polar surface area (TPSA) is 42.4 Å². The molecule has 0 aromatic carbocycles. The number of pyridine rings is 1. The monoisotopic (exact) mass is 153 g/mol. The summed E-state index contributed by atoms with van der Waals surface area (Å²) < 4.78 is 4.99. The fourth-order valence-corrected chi connectivity index (χ4v) is 0.945. The van der Waals surface area contributed by atoms with Crippen LogP contribution in [0.1, 0.15) is 11.1 Å². The average molecular weight is 153 g/mol. The van der Waals surface area contributed by atoms with E-state index in [1.807, 2.05) is 6.92 Å². The normalized spacial score (nSPS) is 9.73. The van der Waals surface area contributed by atoms with Gasteiger partial charge in [-0.2, -0.15) is 0 Å². The van der Waals surface area contributed by atoms with Crippen LogP contribution in [-0.4, -0.2) is 17.2 Å². The van der Waals surface area contributed by atoms with E-state index in [-0.39, 0.29) is 6.61 Å². The Morgan fingerprint density at radius 1 is 1.55 bits per heavy atom. The Bertz CT molecular complexity index is 248. The molecule has 1 rings (SSSR count). The molecule has 0 aliphatic carbocycles. The van der Waals surface area contributed by atoms with E-state index in [1.54, 1.807) is 19.5 Å². The van der Waals surface area contributed by atoms with Crippen LogP contribution in [0.2, 0.25) is 0 Å². The van der Waals surface area contributed by atoms with Crippen molar-refractivity contribution in [1.29, 1.82) is 0 Å². The zero-order chi connectivity index (χ0) is 8.27.